The molecule has 1 heterocycles. The van der Waals surface area contributed by atoms with Gasteiger partial charge in [0.15, 0.2) is 0 Å². The average molecular weight is 268 g/mol. The Morgan fingerprint density at radius 1 is 0.947 bits per heavy atom. The topological polar surface area (TPSA) is 35.0 Å². The lowest BCUT2D eigenvalue weighted by Gasteiger charge is -2.08. The monoisotopic (exact) mass is 268 g/mol. The average Bonchev–Trinajstić information content (AvgIpc) is 2.26. The largest absolute Gasteiger partial charge is 0.424 e. The van der Waals surface area contributed by atoms with Crippen molar-refractivity contribution in [3.05, 3.63) is 47.3 Å². The van der Waals surface area contributed by atoms with Crippen LogP contribution in [0, 0.1) is 13.8 Å². The number of ether oxygens (including phenoxy) is 1. The van der Waals surface area contributed by atoms with Gasteiger partial charge in [0, 0.05) is 11.4 Å². The lowest BCUT2D eigenvalue weighted by atomic mass is 10.2. The molecule has 19 heavy (non-hydrogen) atoms. The van der Waals surface area contributed by atoms with Crippen molar-refractivity contribution in [2.24, 2.45) is 0 Å². The zero-order chi connectivity index (χ0) is 14.0. The lowest BCUT2D eigenvalue weighted by Crippen LogP contribution is -2.04. The highest BCUT2D eigenvalue weighted by molar-refractivity contribution is 5.30. The molecule has 0 N–H and O–H groups in total. The van der Waals surface area contributed by atoms with E-state index < -0.39 is 11.7 Å². The van der Waals surface area contributed by atoms with Crippen molar-refractivity contribution < 1.29 is 17.9 Å². The number of hydrogen-bond donors (Lipinski definition) is 0. The molecule has 0 aliphatic heterocycles. The van der Waals surface area contributed by atoms with Crippen LogP contribution in [-0.2, 0) is 6.18 Å². The van der Waals surface area contributed by atoms with Gasteiger partial charge in [-0.05, 0) is 44.2 Å². The van der Waals surface area contributed by atoms with Crippen LogP contribution < -0.4 is 4.74 Å². The van der Waals surface area contributed by atoms with Crippen molar-refractivity contribution in [2.75, 3.05) is 0 Å². The molecule has 0 spiro atoms. The van der Waals surface area contributed by atoms with Crippen LogP contribution in [0.3, 0.4) is 0 Å². The maximum absolute atomic E-state index is 12.4. The summed E-state index contributed by atoms with van der Waals surface area (Å²) in [5.41, 5.74) is 0.741. The first-order chi connectivity index (χ1) is 8.84. The van der Waals surface area contributed by atoms with E-state index in [1.807, 2.05) is 0 Å². The van der Waals surface area contributed by atoms with Gasteiger partial charge in [-0.3, -0.25) is 0 Å². The smallest absolute Gasteiger partial charge is 0.416 e. The molecular formula is C13H11F3N2O. The molecule has 0 aliphatic rings. The Labute approximate surface area is 108 Å². The molecule has 3 nitrogen and oxygen atoms in total. The molecule has 1 aromatic carbocycles. The summed E-state index contributed by atoms with van der Waals surface area (Å²) < 4.78 is 42.5. The van der Waals surface area contributed by atoms with E-state index in [0.717, 1.165) is 23.5 Å². The number of alkyl halides is 3. The zero-order valence-electron chi connectivity index (χ0n) is 10.3. The minimum Gasteiger partial charge on any atom is -0.424 e. The van der Waals surface area contributed by atoms with Gasteiger partial charge in [-0.2, -0.15) is 13.2 Å². The van der Waals surface area contributed by atoms with Gasteiger partial charge in [-0.25, -0.2) is 9.97 Å². The quantitative estimate of drug-likeness (QED) is 0.828. The van der Waals surface area contributed by atoms with Crippen LogP contribution in [0.5, 0.6) is 11.8 Å². The summed E-state index contributed by atoms with van der Waals surface area (Å²) in [6.07, 6.45) is -4.35. The van der Waals surface area contributed by atoms with Gasteiger partial charge >= 0.3 is 12.2 Å². The van der Waals surface area contributed by atoms with Crippen LogP contribution in [-0.4, -0.2) is 9.97 Å². The molecule has 0 unspecified atom stereocenters. The van der Waals surface area contributed by atoms with Crippen molar-refractivity contribution in [3.8, 4) is 11.8 Å². The van der Waals surface area contributed by atoms with Crippen LogP contribution in [0.25, 0.3) is 0 Å². The number of benzene rings is 1. The second kappa shape index (κ2) is 4.87. The first-order valence-corrected chi connectivity index (χ1v) is 5.52. The molecule has 2 aromatic rings. The van der Waals surface area contributed by atoms with Gasteiger partial charge in [0.2, 0.25) is 0 Å². The molecule has 0 amide bonds. The van der Waals surface area contributed by atoms with Crippen molar-refractivity contribution in [1.82, 2.24) is 9.97 Å². The predicted octanol–water partition coefficient (Wildman–Crippen LogP) is 3.90. The molecule has 0 fully saturated rings. The van der Waals surface area contributed by atoms with E-state index in [0.29, 0.717) is 0 Å². The van der Waals surface area contributed by atoms with E-state index in [1.165, 1.54) is 12.1 Å². The number of nitrogens with zero attached hydrogens (tertiary/aromatic N) is 2. The first kappa shape index (κ1) is 13.3. The summed E-state index contributed by atoms with van der Waals surface area (Å²) in [6, 6.07) is 6.29. The van der Waals surface area contributed by atoms with Gasteiger partial charge < -0.3 is 4.74 Å². The van der Waals surface area contributed by atoms with E-state index >= 15 is 0 Å². The highest BCUT2D eigenvalue weighted by Gasteiger charge is 2.30. The number of aromatic nitrogens is 2. The van der Waals surface area contributed by atoms with E-state index in [2.05, 4.69) is 9.97 Å². The number of hydrogen-bond acceptors (Lipinski definition) is 3. The Bertz CT molecular complexity index is 559. The molecule has 6 heteroatoms. The highest BCUT2D eigenvalue weighted by atomic mass is 19.4. The van der Waals surface area contributed by atoms with E-state index in [1.54, 1.807) is 19.9 Å². The summed E-state index contributed by atoms with van der Waals surface area (Å²) >= 11 is 0. The van der Waals surface area contributed by atoms with Crippen molar-refractivity contribution in [1.29, 1.82) is 0 Å². The fourth-order valence-corrected chi connectivity index (χ4v) is 1.56. The fraction of sp³-hybridized carbons (Fsp3) is 0.231. The van der Waals surface area contributed by atoms with E-state index in [9.17, 15) is 13.2 Å². The van der Waals surface area contributed by atoms with Gasteiger partial charge in [-0.1, -0.05) is 0 Å². The van der Waals surface area contributed by atoms with Crippen LogP contribution in [0.1, 0.15) is 17.0 Å². The molecule has 1 aromatic heterocycles. The number of aryl methyl sites for hydroxylation is 2. The Balaban J connectivity index is 2.20. The summed E-state index contributed by atoms with van der Waals surface area (Å²) in [5.74, 6) is 0.262. The molecular weight excluding hydrogens is 257 g/mol. The predicted molar refractivity (Wildman–Crippen MR) is 63.0 cm³/mol. The Morgan fingerprint density at radius 3 is 1.95 bits per heavy atom. The standard InChI is InChI=1S/C13H11F3N2O/c1-8-7-9(2)18-12(17-8)19-11-5-3-10(4-6-11)13(14,15)16/h3-7H,1-2H3. The third kappa shape index (κ3) is 3.43. The van der Waals surface area contributed by atoms with Crippen LogP contribution >= 0.6 is 0 Å². The van der Waals surface area contributed by atoms with Crippen molar-refractivity contribution in [2.45, 2.75) is 20.0 Å². The minimum atomic E-state index is -4.35. The molecule has 0 atom stereocenters. The molecule has 0 saturated heterocycles. The Hall–Kier alpha value is -2.11. The fourth-order valence-electron chi connectivity index (χ4n) is 1.56. The third-order valence-electron chi connectivity index (χ3n) is 2.35. The van der Waals surface area contributed by atoms with E-state index in [-0.39, 0.29) is 11.8 Å². The Kier molecular flexibility index (Phi) is 3.42. The van der Waals surface area contributed by atoms with Gasteiger partial charge in [-0.15, -0.1) is 0 Å². The Morgan fingerprint density at radius 2 is 1.47 bits per heavy atom. The second-order valence-corrected chi connectivity index (χ2v) is 4.06. The van der Waals surface area contributed by atoms with Gasteiger partial charge in [0.25, 0.3) is 0 Å². The number of halogens is 3. The maximum atomic E-state index is 12.4. The lowest BCUT2D eigenvalue weighted by molar-refractivity contribution is -0.137. The van der Waals surface area contributed by atoms with Crippen LogP contribution in [0.4, 0.5) is 13.2 Å². The highest BCUT2D eigenvalue weighted by Crippen LogP contribution is 2.30. The minimum absolute atomic E-state index is 0.122. The molecule has 0 saturated carbocycles. The van der Waals surface area contributed by atoms with E-state index in [4.69, 9.17) is 4.74 Å². The zero-order valence-corrected chi connectivity index (χ0v) is 10.3. The summed E-state index contributed by atoms with van der Waals surface area (Å²) in [7, 11) is 0. The van der Waals surface area contributed by atoms with Gasteiger partial charge in [0.1, 0.15) is 5.75 Å². The summed E-state index contributed by atoms with van der Waals surface area (Å²) in [5, 5.41) is 0. The molecule has 0 radical (unpaired) electrons. The van der Waals surface area contributed by atoms with Gasteiger partial charge in [0.05, 0.1) is 5.56 Å². The maximum Gasteiger partial charge on any atom is 0.416 e. The van der Waals surface area contributed by atoms with Crippen molar-refractivity contribution in [3.63, 3.8) is 0 Å². The summed E-state index contributed by atoms with van der Waals surface area (Å²) in [6.45, 7) is 3.57. The normalized spacial score (nSPS) is 11.4. The molecule has 0 aliphatic carbocycles. The van der Waals surface area contributed by atoms with Crippen molar-refractivity contribution >= 4 is 0 Å². The number of rotatable bonds is 2. The summed E-state index contributed by atoms with van der Waals surface area (Å²) in [4.78, 5) is 8.09. The molecule has 0 bridgehead atoms. The second-order valence-electron chi connectivity index (χ2n) is 4.06. The molecule has 100 valence electrons. The SMILES string of the molecule is Cc1cc(C)nc(Oc2ccc(C(F)(F)F)cc2)n1. The van der Waals surface area contributed by atoms with Crippen LogP contribution in [0.15, 0.2) is 30.3 Å². The van der Waals surface area contributed by atoms with Crippen LogP contribution in [0.2, 0.25) is 0 Å². The first-order valence-electron chi connectivity index (χ1n) is 5.52. The molecule has 2 rings (SSSR count). The third-order valence-corrected chi connectivity index (χ3v) is 2.35.